The summed E-state index contributed by atoms with van der Waals surface area (Å²) in [7, 11) is 0. The fourth-order valence-corrected chi connectivity index (χ4v) is 2.87. The topological polar surface area (TPSA) is 51.3 Å². The molecule has 1 fully saturated rings. The van der Waals surface area contributed by atoms with Crippen LogP contribution in [-0.2, 0) is 6.54 Å². The molecule has 6 heteroatoms. The van der Waals surface area contributed by atoms with Crippen molar-refractivity contribution < 1.29 is 4.79 Å². The Hall–Kier alpha value is -0.520. The van der Waals surface area contributed by atoms with Gasteiger partial charge in [-0.15, -0.1) is 12.4 Å². The first-order valence-electron chi connectivity index (χ1n) is 6.04. The zero-order valence-corrected chi connectivity index (χ0v) is 12.8. The maximum Gasteiger partial charge on any atom is 0.270 e. The summed E-state index contributed by atoms with van der Waals surface area (Å²) in [6.45, 7) is 4.22. The van der Waals surface area contributed by atoms with Gasteiger partial charge in [0.1, 0.15) is 5.69 Å². The van der Waals surface area contributed by atoms with E-state index in [2.05, 4.69) is 15.9 Å². The number of amides is 1. The summed E-state index contributed by atoms with van der Waals surface area (Å²) in [6.07, 6.45) is 4.03. The van der Waals surface area contributed by atoms with E-state index in [0.717, 1.165) is 36.1 Å². The lowest BCUT2D eigenvalue weighted by atomic mass is 10.2. The Balaban J connectivity index is 0.00000162. The fourth-order valence-electron chi connectivity index (χ4n) is 2.41. The molecule has 0 spiro atoms. The van der Waals surface area contributed by atoms with E-state index in [-0.39, 0.29) is 24.4 Å². The molecule has 0 aliphatic carbocycles. The zero-order chi connectivity index (χ0) is 12.4. The number of carbonyl (C=O) groups is 1. The van der Waals surface area contributed by atoms with Gasteiger partial charge in [0.2, 0.25) is 0 Å². The van der Waals surface area contributed by atoms with Gasteiger partial charge in [0.25, 0.3) is 5.91 Å². The number of hydrogen-bond donors (Lipinski definition) is 1. The van der Waals surface area contributed by atoms with Crippen molar-refractivity contribution in [3.8, 4) is 0 Å². The normalized spacial score (nSPS) is 18.8. The van der Waals surface area contributed by atoms with Crippen molar-refractivity contribution in [2.45, 2.75) is 32.4 Å². The maximum atomic E-state index is 12.4. The molecule has 4 nitrogen and oxygen atoms in total. The molecule has 2 N–H and O–H groups in total. The second-order valence-electron chi connectivity index (χ2n) is 4.36. The molecule has 0 aromatic carbocycles. The largest absolute Gasteiger partial charge is 0.343 e. The lowest BCUT2D eigenvalue weighted by Gasteiger charge is -2.23. The summed E-state index contributed by atoms with van der Waals surface area (Å²) >= 11 is 3.42. The third kappa shape index (κ3) is 2.90. The van der Waals surface area contributed by atoms with E-state index in [0.29, 0.717) is 6.54 Å². The van der Waals surface area contributed by atoms with Gasteiger partial charge in [0, 0.05) is 36.3 Å². The van der Waals surface area contributed by atoms with Gasteiger partial charge >= 0.3 is 0 Å². The Morgan fingerprint density at radius 1 is 1.61 bits per heavy atom. The molecule has 2 heterocycles. The van der Waals surface area contributed by atoms with E-state index in [1.54, 1.807) is 0 Å². The van der Waals surface area contributed by atoms with Crippen molar-refractivity contribution in [2.24, 2.45) is 5.73 Å². The molecule has 2 rings (SSSR count). The predicted molar refractivity (Wildman–Crippen MR) is 78.2 cm³/mol. The second kappa shape index (κ2) is 6.59. The highest BCUT2D eigenvalue weighted by Gasteiger charge is 2.29. The van der Waals surface area contributed by atoms with Crippen LogP contribution in [0.5, 0.6) is 0 Å². The van der Waals surface area contributed by atoms with Crippen LogP contribution in [0.1, 0.15) is 30.3 Å². The van der Waals surface area contributed by atoms with Gasteiger partial charge in [-0.2, -0.15) is 0 Å². The Morgan fingerprint density at radius 2 is 2.33 bits per heavy atom. The van der Waals surface area contributed by atoms with E-state index in [1.165, 1.54) is 0 Å². The first-order chi connectivity index (χ1) is 8.17. The van der Waals surface area contributed by atoms with E-state index in [1.807, 2.05) is 28.7 Å². The van der Waals surface area contributed by atoms with E-state index >= 15 is 0 Å². The molecular formula is C12H19BrClN3O. The molecule has 1 unspecified atom stereocenters. The van der Waals surface area contributed by atoms with Gasteiger partial charge in [-0.1, -0.05) is 0 Å². The molecule has 102 valence electrons. The van der Waals surface area contributed by atoms with Crippen LogP contribution in [-0.4, -0.2) is 34.5 Å². The molecule has 1 amide bonds. The van der Waals surface area contributed by atoms with Crippen LogP contribution in [0.25, 0.3) is 0 Å². The minimum atomic E-state index is 0. The molecule has 1 aromatic heterocycles. The van der Waals surface area contributed by atoms with E-state index in [4.69, 9.17) is 5.73 Å². The van der Waals surface area contributed by atoms with Crippen LogP contribution < -0.4 is 5.73 Å². The SMILES string of the molecule is CCn1cc(Br)cc1C(=O)N1CCCC1CN.Cl. The summed E-state index contributed by atoms with van der Waals surface area (Å²) in [4.78, 5) is 14.3. The van der Waals surface area contributed by atoms with Crippen molar-refractivity contribution >= 4 is 34.2 Å². The van der Waals surface area contributed by atoms with Gasteiger partial charge < -0.3 is 15.2 Å². The number of carbonyl (C=O) groups excluding carboxylic acids is 1. The number of rotatable bonds is 3. The lowest BCUT2D eigenvalue weighted by molar-refractivity contribution is 0.0730. The molecular weight excluding hydrogens is 318 g/mol. The van der Waals surface area contributed by atoms with Crippen molar-refractivity contribution in [3.63, 3.8) is 0 Å². The number of hydrogen-bond acceptors (Lipinski definition) is 2. The van der Waals surface area contributed by atoms with Gasteiger partial charge in [0.15, 0.2) is 0 Å². The highest BCUT2D eigenvalue weighted by Crippen LogP contribution is 2.22. The quantitative estimate of drug-likeness (QED) is 0.920. The van der Waals surface area contributed by atoms with Gasteiger partial charge in [-0.25, -0.2) is 0 Å². The molecule has 18 heavy (non-hydrogen) atoms. The van der Waals surface area contributed by atoms with Crippen molar-refractivity contribution in [1.29, 1.82) is 0 Å². The molecule has 1 aliphatic heterocycles. The minimum absolute atomic E-state index is 0. The number of nitrogens with two attached hydrogens (primary N) is 1. The summed E-state index contributed by atoms with van der Waals surface area (Å²) in [5, 5.41) is 0. The molecule has 0 bridgehead atoms. The van der Waals surface area contributed by atoms with Crippen LogP contribution in [0.15, 0.2) is 16.7 Å². The third-order valence-electron chi connectivity index (χ3n) is 3.33. The average Bonchev–Trinajstić information content (AvgIpc) is 2.93. The summed E-state index contributed by atoms with van der Waals surface area (Å²) in [6, 6.07) is 2.10. The average molecular weight is 337 g/mol. The van der Waals surface area contributed by atoms with Crippen LogP contribution in [0.3, 0.4) is 0 Å². The smallest absolute Gasteiger partial charge is 0.270 e. The van der Waals surface area contributed by atoms with Gasteiger partial charge in [0.05, 0.1) is 0 Å². The second-order valence-corrected chi connectivity index (χ2v) is 5.28. The summed E-state index contributed by atoms with van der Waals surface area (Å²) in [5.41, 5.74) is 6.46. The van der Waals surface area contributed by atoms with Gasteiger partial charge in [-0.05, 0) is 41.8 Å². The standard InChI is InChI=1S/C12H18BrN3O.ClH/c1-2-15-8-9(13)6-11(15)12(17)16-5-3-4-10(16)7-14;/h6,8,10H,2-5,7,14H2,1H3;1H. The number of nitrogens with zero attached hydrogens (tertiary/aromatic N) is 2. The van der Waals surface area contributed by atoms with Crippen molar-refractivity contribution in [1.82, 2.24) is 9.47 Å². The molecule has 1 atom stereocenters. The first kappa shape index (κ1) is 15.5. The molecule has 1 aromatic rings. The fraction of sp³-hybridized carbons (Fsp3) is 0.583. The summed E-state index contributed by atoms with van der Waals surface area (Å²) < 4.78 is 2.92. The number of likely N-dealkylation sites (tertiary alicyclic amines) is 1. The number of aryl methyl sites for hydroxylation is 1. The Kier molecular flexibility index (Phi) is 5.69. The highest BCUT2D eigenvalue weighted by molar-refractivity contribution is 9.10. The minimum Gasteiger partial charge on any atom is -0.343 e. The molecule has 1 aliphatic rings. The van der Waals surface area contributed by atoms with Crippen LogP contribution >= 0.6 is 28.3 Å². The van der Waals surface area contributed by atoms with E-state index < -0.39 is 0 Å². The maximum absolute atomic E-state index is 12.4. The predicted octanol–water partition coefficient (Wildman–Crippen LogP) is 2.26. The van der Waals surface area contributed by atoms with Crippen molar-refractivity contribution in [2.75, 3.05) is 13.1 Å². The van der Waals surface area contributed by atoms with Gasteiger partial charge in [-0.3, -0.25) is 4.79 Å². The van der Waals surface area contributed by atoms with Crippen LogP contribution in [0, 0.1) is 0 Å². The first-order valence-corrected chi connectivity index (χ1v) is 6.83. The van der Waals surface area contributed by atoms with Crippen LogP contribution in [0.4, 0.5) is 0 Å². The Morgan fingerprint density at radius 3 is 2.94 bits per heavy atom. The number of halogens is 2. The Bertz CT molecular complexity index is 421. The van der Waals surface area contributed by atoms with E-state index in [9.17, 15) is 4.79 Å². The third-order valence-corrected chi connectivity index (χ3v) is 3.77. The lowest BCUT2D eigenvalue weighted by Crippen LogP contribution is -2.40. The zero-order valence-electron chi connectivity index (χ0n) is 10.4. The van der Waals surface area contributed by atoms with Crippen molar-refractivity contribution in [3.05, 3.63) is 22.4 Å². The monoisotopic (exact) mass is 335 g/mol. The molecule has 1 saturated heterocycles. The summed E-state index contributed by atoms with van der Waals surface area (Å²) in [5.74, 6) is 0.102. The number of aromatic nitrogens is 1. The molecule has 0 radical (unpaired) electrons. The molecule has 0 saturated carbocycles. The Labute approximate surface area is 122 Å². The highest BCUT2D eigenvalue weighted by atomic mass is 79.9. The van der Waals surface area contributed by atoms with Crippen LogP contribution in [0.2, 0.25) is 0 Å².